The number of hydrazone groups is 1. The molecule has 0 aliphatic rings. The number of aromatic nitrogens is 3. The number of amides is 1. The second kappa shape index (κ2) is 9.27. The van der Waals surface area contributed by atoms with Crippen LogP contribution in [0, 0.1) is 0 Å². The average Bonchev–Trinajstić information content (AvgIpc) is 3.39. The quantitative estimate of drug-likeness (QED) is 0.192. The van der Waals surface area contributed by atoms with Crippen LogP contribution in [0.3, 0.4) is 0 Å². The summed E-state index contributed by atoms with van der Waals surface area (Å²) >= 11 is 0. The third-order valence-corrected chi connectivity index (χ3v) is 6.02. The van der Waals surface area contributed by atoms with Gasteiger partial charge in [-0.25, -0.2) is 15.1 Å². The lowest BCUT2D eigenvalue weighted by molar-refractivity contribution is 0.0945. The summed E-state index contributed by atoms with van der Waals surface area (Å²) in [6.45, 7) is 0. The van der Waals surface area contributed by atoms with Gasteiger partial charge < -0.3 is 0 Å². The molecular weight excluding hydrogens is 446 g/mol. The Balaban J connectivity index is 1.35. The predicted octanol–water partition coefficient (Wildman–Crippen LogP) is 6.00. The summed E-state index contributed by atoms with van der Waals surface area (Å²) in [7, 11) is 0. The summed E-state index contributed by atoms with van der Waals surface area (Å²) in [6, 6.07) is 37.7. The number of rotatable bonds is 5. The summed E-state index contributed by atoms with van der Waals surface area (Å²) in [6.07, 6.45) is 1.69. The van der Waals surface area contributed by atoms with E-state index < -0.39 is 5.91 Å². The van der Waals surface area contributed by atoms with Crippen LogP contribution in [0.25, 0.3) is 38.6 Å². The first-order chi connectivity index (χ1) is 17.8. The van der Waals surface area contributed by atoms with Crippen LogP contribution in [0.2, 0.25) is 0 Å². The molecule has 1 heterocycles. The number of benzene rings is 5. The van der Waals surface area contributed by atoms with Crippen molar-refractivity contribution >= 4 is 33.7 Å². The third kappa shape index (κ3) is 4.01. The molecule has 1 amide bonds. The highest BCUT2D eigenvalue weighted by atomic mass is 16.2. The molecule has 0 spiro atoms. The van der Waals surface area contributed by atoms with Gasteiger partial charge in [-0.05, 0) is 39.7 Å². The molecule has 1 aromatic heterocycles. The molecule has 0 atom stereocenters. The zero-order chi connectivity index (χ0) is 24.3. The van der Waals surface area contributed by atoms with Crippen LogP contribution >= 0.6 is 0 Å². The lowest BCUT2D eigenvalue weighted by Gasteiger charge is -2.07. The molecule has 0 aliphatic carbocycles. The van der Waals surface area contributed by atoms with Crippen molar-refractivity contribution in [3.63, 3.8) is 0 Å². The molecule has 6 nitrogen and oxygen atoms in total. The number of hydrogen-bond donors (Lipinski definition) is 1. The minimum absolute atomic E-state index is 0.0395. The first-order valence-electron chi connectivity index (χ1n) is 11.6. The highest BCUT2D eigenvalue weighted by molar-refractivity contribution is 6.13. The van der Waals surface area contributed by atoms with E-state index in [1.165, 1.54) is 0 Å². The fourth-order valence-corrected chi connectivity index (χ4v) is 4.33. The molecule has 0 unspecified atom stereocenters. The molecule has 0 radical (unpaired) electrons. The van der Waals surface area contributed by atoms with Crippen molar-refractivity contribution < 1.29 is 4.79 Å². The normalized spacial score (nSPS) is 11.3. The van der Waals surface area contributed by atoms with Gasteiger partial charge in [-0.2, -0.15) is 5.10 Å². The van der Waals surface area contributed by atoms with E-state index in [-0.39, 0.29) is 5.82 Å². The monoisotopic (exact) mass is 467 g/mol. The maximum absolute atomic E-state index is 13.0. The Labute approximate surface area is 207 Å². The number of carbonyl (C=O) groups excluding carboxylic acids is 1. The van der Waals surface area contributed by atoms with E-state index in [1.807, 2.05) is 84.9 Å². The number of hydrogen-bond acceptors (Lipinski definition) is 4. The van der Waals surface area contributed by atoms with Gasteiger partial charge in [-0.15, -0.1) is 5.10 Å². The summed E-state index contributed by atoms with van der Waals surface area (Å²) in [5, 5.41) is 13.1. The Morgan fingerprint density at radius 3 is 2.00 bits per heavy atom. The van der Waals surface area contributed by atoms with E-state index in [0.29, 0.717) is 5.82 Å². The molecular formula is C30H21N5O. The first kappa shape index (κ1) is 21.4. The van der Waals surface area contributed by atoms with Gasteiger partial charge in [-0.3, -0.25) is 4.79 Å². The number of carbonyl (C=O) groups is 1. The number of fused-ring (bicyclic) bond motifs is 2. The zero-order valence-electron chi connectivity index (χ0n) is 19.2. The van der Waals surface area contributed by atoms with Crippen LogP contribution in [-0.4, -0.2) is 26.9 Å². The van der Waals surface area contributed by atoms with Gasteiger partial charge in [0.05, 0.1) is 11.9 Å². The highest BCUT2D eigenvalue weighted by Gasteiger charge is 2.18. The van der Waals surface area contributed by atoms with Gasteiger partial charge in [0, 0.05) is 11.1 Å². The molecule has 172 valence electrons. The van der Waals surface area contributed by atoms with Gasteiger partial charge >= 0.3 is 5.91 Å². The molecule has 0 bridgehead atoms. The Bertz CT molecular complexity index is 1610. The molecule has 1 N–H and O–H groups in total. The summed E-state index contributed by atoms with van der Waals surface area (Å²) in [5.74, 6) is 0.135. The largest absolute Gasteiger partial charge is 0.311 e. The molecule has 6 aromatic rings. The molecule has 0 saturated carbocycles. The smallest absolute Gasteiger partial charge is 0.264 e. The summed E-state index contributed by atoms with van der Waals surface area (Å²) in [5.41, 5.74) is 5.23. The van der Waals surface area contributed by atoms with Crippen LogP contribution in [0.4, 0.5) is 0 Å². The second-order valence-corrected chi connectivity index (χ2v) is 8.30. The molecule has 6 heteroatoms. The maximum Gasteiger partial charge on any atom is 0.311 e. The van der Waals surface area contributed by atoms with Crippen LogP contribution in [0.5, 0.6) is 0 Å². The lowest BCUT2D eigenvalue weighted by atomic mass is 9.97. The van der Waals surface area contributed by atoms with Gasteiger partial charge in [0.25, 0.3) is 0 Å². The Morgan fingerprint density at radius 1 is 0.750 bits per heavy atom. The molecule has 36 heavy (non-hydrogen) atoms. The molecule has 6 rings (SSSR count). The van der Waals surface area contributed by atoms with Crippen molar-refractivity contribution in [2.24, 2.45) is 5.10 Å². The van der Waals surface area contributed by atoms with E-state index in [4.69, 9.17) is 0 Å². The predicted molar refractivity (Wildman–Crippen MR) is 143 cm³/mol. The Morgan fingerprint density at radius 2 is 1.33 bits per heavy atom. The van der Waals surface area contributed by atoms with Crippen LogP contribution in [0.1, 0.15) is 16.2 Å². The van der Waals surface area contributed by atoms with Gasteiger partial charge in [0.2, 0.25) is 5.82 Å². The molecule has 0 saturated heterocycles. The SMILES string of the molecule is O=C(NN=Cc1c2ccccc2cc2ccccc12)c1nc(-c2ccccc2)n(-c2ccccc2)n1. The van der Waals surface area contributed by atoms with Crippen LogP contribution in [-0.2, 0) is 0 Å². The van der Waals surface area contributed by atoms with Gasteiger partial charge in [-0.1, -0.05) is 97.1 Å². The standard InChI is InChI=1S/C30H21N5O/c36-30(28-32-29(21-11-3-1-4-12-21)35(34-28)24-15-5-2-6-16-24)33-31-20-27-25-17-9-7-13-22(25)19-23-14-8-10-18-26(23)27/h1-20H,(H,33,36). The lowest BCUT2D eigenvalue weighted by Crippen LogP contribution is -2.19. The number of nitrogens with zero attached hydrogens (tertiary/aromatic N) is 4. The van der Waals surface area contributed by atoms with Crippen LogP contribution in [0.15, 0.2) is 120 Å². The van der Waals surface area contributed by atoms with Crippen molar-refractivity contribution in [1.82, 2.24) is 20.2 Å². The number of para-hydroxylation sites is 1. The topological polar surface area (TPSA) is 72.2 Å². The van der Waals surface area contributed by atoms with Crippen molar-refractivity contribution in [3.05, 3.63) is 127 Å². The van der Waals surface area contributed by atoms with Crippen molar-refractivity contribution in [3.8, 4) is 17.1 Å². The number of nitrogens with one attached hydrogen (secondary N) is 1. The average molecular weight is 468 g/mol. The first-order valence-corrected chi connectivity index (χ1v) is 11.6. The maximum atomic E-state index is 13.0. The summed E-state index contributed by atoms with van der Waals surface area (Å²) in [4.78, 5) is 17.6. The zero-order valence-corrected chi connectivity index (χ0v) is 19.2. The minimum Gasteiger partial charge on any atom is -0.264 e. The second-order valence-electron chi connectivity index (χ2n) is 8.30. The van der Waals surface area contributed by atoms with E-state index in [2.05, 4.69) is 50.9 Å². The third-order valence-electron chi connectivity index (χ3n) is 6.02. The summed E-state index contributed by atoms with van der Waals surface area (Å²) < 4.78 is 1.67. The van der Waals surface area contributed by atoms with Gasteiger partial charge in [0.15, 0.2) is 5.82 Å². The Hall–Kier alpha value is -5.10. The van der Waals surface area contributed by atoms with E-state index in [1.54, 1.807) is 10.9 Å². The van der Waals surface area contributed by atoms with Crippen molar-refractivity contribution in [2.45, 2.75) is 0 Å². The highest BCUT2D eigenvalue weighted by Crippen LogP contribution is 2.27. The van der Waals surface area contributed by atoms with Crippen molar-refractivity contribution in [1.29, 1.82) is 0 Å². The Kier molecular flexibility index (Phi) is 5.52. The van der Waals surface area contributed by atoms with Crippen molar-refractivity contribution in [2.75, 3.05) is 0 Å². The minimum atomic E-state index is -0.484. The molecule has 0 fully saturated rings. The van der Waals surface area contributed by atoms with E-state index in [9.17, 15) is 4.79 Å². The molecule has 0 aliphatic heterocycles. The van der Waals surface area contributed by atoms with E-state index in [0.717, 1.165) is 38.4 Å². The fourth-order valence-electron chi connectivity index (χ4n) is 4.33. The van der Waals surface area contributed by atoms with Crippen LogP contribution < -0.4 is 5.43 Å². The van der Waals surface area contributed by atoms with E-state index >= 15 is 0 Å². The van der Waals surface area contributed by atoms with Gasteiger partial charge in [0.1, 0.15) is 0 Å². The fraction of sp³-hybridized carbons (Fsp3) is 0. The molecule has 5 aromatic carbocycles.